The summed E-state index contributed by atoms with van der Waals surface area (Å²) < 4.78 is 17.2. The Morgan fingerprint density at radius 1 is 1.13 bits per heavy atom. The van der Waals surface area contributed by atoms with Crippen LogP contribution >= 0.6 is 11.6 Å². The van der Waals surface area contributed by atoms with Crippen LogP contribution in [0, 0.1) is 6.92 Å². The minimum absolute atomic E-state index is 0.00733. The van der Waals surface area contributed by atoms with E-state index in [-0.39, 0.29) is 31.4 Å². The van der Waals surface area contributed by atoms with Crippen molar-refractivity contribution in [2.24, 2.45) is 0 Å². The molecule has 0 N–H and O–H groups in total. The molecule has 0 radical (unpaired) electrons. The van der Waals surface area contributed by atoms with Gasteiger partial charge in [-0.15, -0.1) is 0 Å². The summed E-state index contributed by atoms with van der Waals surface area (Å²) in [5, 5.41) is 0.669. The maximum Gasteiger partial charge on any atom is 0.248 e. The van der Waals surface area contributed by atoms with E-state index in [0.717, 1.165) is 37.9 Å². The Morgan fingerprint density at radius 2 is 1.90 bits per heavy atom. The summed E-state index contributed by atoms with van der Waals surface area (Å²) in [6.45, 7) is 4.76. The summed E-state index contributed by atoms with van der Waals surface area (Å²) in [5.74, 6) is 0.593. The van der Waals surface area contributed by atoms with Gasteiger partial charge in [0.1, 0.15) is 24.6 Å². The molecular formula is C22H31ClN2O5. The second-order valence-corrected chi connectivity index (χ2v) is 8.50. The topological polar surface area (TPSA) is 68.3 Å². The fourth-order valence-corrected chi connectivity index (χ4v) is 4.09. The number of halogens is 1. The number of ether oxygens (including phenoxy) is 3. The van der Waals surface area contributed by atoms with Gasteiger partial charge in [0.25, 0.3) is 0 Å². The molecule has 0 bridgehead atoms. The molecule has 0 spiro atoms. The predicted octanol–water partition coefficient (Wildman–Crippen LogP) is 2.67. The van der Waals surface area contributed by atoms with Gasteiger partial charge in [0.2, 0.25) is 11.8 Å². The number of morpholine rings is 1. The average molecular weight is 439 g/mol. The SMILES string of the molecule is COCC(=O)N1CCO[C@](COc2ccc(Cl)c(C)c2)(CC(=O)N2CCCCC2)C1. The first-order valence-electron chi connectivity index (χ1n) is 10.5. The molecule has 2 aliphatic rings. The van der Waals surface area contributed by atoms with Crippen LogP contribution in [0.5, 0.6) is 5.75 Å². The van der Waals surface area contributed by atoms with Crippen LogP contribution in [0.25, 0.3) is 0 Å². The zero-order valence-electron chi connectivity index (χ0n) is 17.8. The largest absolute Gasteiger partial charge is 0.490 e. The molecule has 2 fully saturated rings. The van der Waals surface area contributed by atoms with Gasteiger partial charge < -0.3 is 24.0 Å². The van der Waals surface area contributed by atoms with Crippen LogP contribution in [-0.4, -0.2) is 80.3 Å². The van der Waals surface area contributed by atoms with Crippen molar-refractivity contribution >= 4 is 23.4 Å². The van der Waals surface area contributed by atoms with Crippen molar-refractivity contribution in [2.45, 2.75) is 38.2 Å². The van der Waals surface area contributed by atoms with Crippen molar-refractivity contribution in [1.29, 1.82) is 0 Å². The van der Waals surface area contributed by atoms with Crippen LogP contribution in [0.15, 0.2) is 18.2 Å². The van der Waals surface area contributed by atoms with Crippen molar-refractivity contribution < 1.29 is 23.8 Å². The van der Waals surface area contributed by atoms with Crippen molar-refractivity contribution in [3.05, 3.63) is 28.8 Å². The molecule has 7 nitrogen and oxygen atoms in total. The number of methoxy groups -OCH3 is 1. The molecule has 3 rings (SSSR count). The van der Waals surface area contributed by atoms with E-state index in [1.165, 1.54) is 7.11 Å². The van der Waals surface area contributed by atoms with Gasteiger partial charge in [-0.1, -0.05) is 11.6 Å². The van der Waals surface area contributed by atoms with E-state index in [1.54, 1.807) is 17.0 Å². The molecule has 2 amide bonds. The van der Waals surface area contributed by atoms with Crippen molar-refractivity contribution in [2.75, 3.05) is 53.1 Å². The Bertz CT molecular complexity index is 753. The number of rotatable bonds is 7. The summed E-state index contributed by atoms with van der Waals surface area (Å²) in [4.78, 5) is 29.1. The van der Waals surface area contributed by atoms with Crippen molar-refractivity contribution in [3.8, 4) is 5.75 Å². The highest BCUT2D eigenvalue weighted by atomic mass is 35.5. The highest BCUT2D eigenvalue weighted by Crippen LogP contribution is 2.28. The maximum atomic E-state index is 13.0. The number of hydrogen-bond acceptors (Lipinski definition) is 5. The second-order valence-electron chi connectivity index (χ2n) is 8.10. The summed E-state index contributed by atoms with van der Waals surface area (Å²) >= 11 is 6.11. The first kappa shape index (κ1) is 22.8. The Kier molecular flexibility index (Phi) is 7.97. The summed E-state index contributed by atoms with van der Waals surface area (Å²) in [6.07, 6.45) is 3.39. The number of piperidine rings is 1. The first-order chi connectivity index (χ1) is 14.4. The maximum absolute atomic E-state index is 13.0. The van der Waals surface area contributed by atoms with Gasteiger partial charge in [-0.3, -0.25) is 9.59 Å². The molecule has 2 aliphatic heterocycles. The van der Waals surface area contributed by atoms with Crippen molar-refractivity contribution in [1.82, 2.24) is 9.80 Å². The Balaban J connectivity index is 1.75. The summed E-state index contributed by atoms with van der Waals surface area (Å²) in [6, 6.07) is 5.44. The number of carbonyl (C=O) groups excluding carboxylic acids is 2. The van der Waals surface area contributed by atoms with E-state index in [4.69, 9.17) is 25.8 Å². The lowest BCUT2D eigenvalue weighted by Crippen LogP contribution is -2.59. The molecule has 2 heterocycles. The smallest absolute Gasteiger partial charge is 0.248 e. The van der Waals surface area contributed by atoms with Crippen molar-refractivity contribution in [3.63, 3.8) is 0 Å². The molecule has 30 heavy (non-hydrogen) atoms. The normalized spacial score (nSPS) is 22.1. The molecular weight excluding hydrogens is 408 g/mol. The highest BCUT2D eigenvalue weighted by molar-refractivity contribution is 6.31. The average Bonchev–Trinajstić information content (AvgIpc) is 2.75. The zero-order chi connectivity index (χ0) is 21.6. The minimum atomic E-state index is -0.899. The lowest BCUT2D eigenvalue weighted by molar-refractivity contribution is -0.168. The molecule has 0 unspecified atom stereocenters. The molecule has 1 aromatic carbocycles. The van der Waals surface area contributed by atoms with Gasteiger partial charge in [0, 0.05) is 31.8 Å². The van der Waals surface area contributed by atoms with E-state index in [0.29, 0.717) is 30.5 Å². The van der Waals surface area contributed by atoms with E-state index in [9.17, 15) is 9.59 Å². The molecule has 0 saturated carbocycles. The number of hydrogen-bond donors (Lipinski definition) is 0. The van der Waals surface area contributed by atoms with Crippen LogP contribution in [0.3, 0.4) is 0 Å². The Hall–Kier alpha value is -1.83. The lowest BCUT2D eigenvalue weighted by atomic mass is 9.96. The zero-order valence-corrected chi connectivity index (χ0v) is 18.6. The minimum Gasteiger partial charge on any atom is -0.490 e. The number of carbonyl (C=O) groups is 2. The monoisotopic (exact) mass is 438 g/mol. The van der Waals surface area contributed by atoms with Gasteiger partial charge >= 0.3 is 0 Å². The fraction of sp³-hybridized carbons (Fsp3) is 0.636. The van der Waals surface area contributed by atoms with E-state index in [1.807, 2.05) is 17.9 Å². The number of nitrogens with zero attached hydrogens (tertiary/aromatic N) is 2. The third kappa shape index (κ3) is 5.86. The fourth-order valence-electron chi connectivity index (χ4n) is 3.97. The molecule has 1 atom stereocenters. The highest BCUT2D eigenvalue weighted by Gasteiger charge is 2.42. The number of amides is 2. The second kappa shape index (κ2) is 10.5. The van der Waals surface area contributed by atoms with Gasteiger partial charge in [-0.2, -0.15) is 0 Å². The summed E-state index contributed by atoms with van der Waals surface area (Å²) in [7, 11) is 1.50. The molecule has 0 aromatic heterocycles. The van der Waals surface area contributed by atoms with E-state index < -0.39 is 5.60 Å². The van der Waals surface area contributed by atoms with Crippen LogP contribution in [0.2, 0.25) is 5.02 Å². The number of benzene rings is 1. The standard InChI is InChI=1S/C22H31ClN2O5/c1-17-12-18(6-7-19(17)23)29-16-22(13-20(26)24-8-4-3-5-9-24)15-25(10-11-30-22)21(27)14-28-2/h6-7,12H,3-5,8-11,13-16H2,1-2H3/t22-/m1/s1. The molecule has 1 aromatic rings. The van der Waals surface area contributed by atoms with E-state index in [2.05, 4.69) is 0 Å². The van der Waals surface area contributed by atoms with Gasteiger partial charge in [0.15, 0.2) is 0 Å². The first-order valence-corrected chi connectivity index (χ1v) is 10.9. The Morgan fingerprint density at radius 3 is 2.60 bits per heavy atom. The quantitative estimate of drug-likeness (QED) is 0.654. The van der Waals surface area contributed by atoms with Crippen LogP contribution < -0.4 is 4.74 Å². The molecule has 8 heteroatoms. The van der Waals surface area contributed by atoms with Crippen LogP contribution in [0.1, 0.15) is 31.2 Å². The van der Waals surface area contributed by atoms with Gasteiger partial charge in [0.05, 0.1) is 19.6 Å². The Labute approximate surface area is 183 Å². The molecule has 0 aliphatic carbocycles. The lowest BCUT2D eigenvalue weighted by Gasteiger charge is -2.43. The van der Waals surface area contributed by atoms with Gasteiger partial charge in [-0.25, -0.2) is 0 Å². The third-order valence-corrected chi connectivity index (χ3v) is 6.11. The third-order valence-electron chi connectivity index (χ3n) is 5.68. The summed E-state index contributed by atoms with van der Waals surface area (Å²) in [5.41, 5.74) is 0.0121. The molecule has 2 saturated heterocycles. The van der Waals surface area contributed by atoms with Crippen LogP contribution in [-0.2, 0) is 19.1 Å². The van der Waals surface area contributed by atoms with Gasteiger partial charge in [-0.05, 0) is 49.9 Å². The van der Waals surface area contributed by atoms with Crippen LogP contribution in [0.4, 0.5) is 0 Å². The molecule has 166 valence electrons. The number of likely N-dealkylation sites (tertiary alicyclic amines) is 1. The predicted molar refractivity (Wildman–Crippen MR) is 114 cm³/mol. The van der Waals surface area contributed by atoms with E-state index >= 15 is 0 Å². The number of aryl methyl sites for hydroxylation is 1.